The molecule has 6 heteroatoms. The first-order valence-corrected chi connectivity index (χ1v) is 11.4. The van der Waals surface area contributed by atoms with E-state index in [1.165, 1.54) is 37.9 Å². The highest BCUT2D eigenvalue weighted by Gasteiger charge is 2.10. The van der Waals surface area contributed by atoms with Crippen molar-refractivity contribution < 1.29 is 4.79 Å². The Morgan fingerprint density at radius 2 is 1.81 bits per heavy atom. The number of aryl methyl sites for hydroxylation is 1. The number of piperidine rings is 1. The van der Waals surface area contributed by atoms with Gasteiger partial charge in [-0.15, -0.1) is 0 Å². The van der Waals surface area contributed by atoms with Crippen LogP contribution in [0.3, 0.4) is 0 Å². The summed E-state index contributed by atoms with van der Waals surface area (Å²) in [7, 11) is 0. The van der Waals surface area contributed by atoms with Crippen LogP contribution < -0.4 is 10.6 Å². The second-order valence-electron chi connectivity index (χ2n) is 8.37. The number of aromatic nitrogens is 2. The number of rotatable bonds is 8. The van der Waals surface area contributed by atoms with E-state index in [2.05, 4.69) is 44.6 Å². The molecule has 0 radical (unpaired) electrons. The highest BCUT2D eigenvalue weighted by molar-refractivity contribution is 5.94. The molecule has 0 spiro atoms. The summed E-state index contributed by atoms with van der Waals surface area (Å²) in [5.41, 5.74) is 4.66. The van der Waals surface area contributed by atoms with Crippen LogP contribution in [0.2, 0.25) is 0 Å². The number of carbonyl (C=O) groups is 1. The summed E-state index contributed by atoms with van der Waals surface area (Å²) >= 11 is 0. The average Bonchev–Trinajstić information content (AvgIpc) is 2.83. The summed E-state index contributed by atoms with van der Waals surface area (Å²) in [6.45, 7) is 6.23. The van der Waals surface area contributed by atoms with E-state index < -0.39 is 0 Å². The van der Waals surface area contributed by atoms with Gasteiger partial charge in [0.2, 0.25) is 0 Å². The maximum atomic E-state index is 12.4. The maximum absolute atomic E-state index is 12.4. The normalized spacial score (nSPS) is 14.2. The predicted molar refractivity (Wildman–Crippen MR) is 129 cm³/mol. The number of anilines is 2. The van der Waals surface area contributed by atoms with Crippen LogP contribution in [0, 0.1) is 6.92 Å². The Morgan fingerprint density at radius 1 is 1.00 bits per heavy atom. The van der Waals surface area contributed by atoms with E-state index in [1.54, 1.807) is 6.33 Å². The van der Waals surface area contributed by atoms with Crippen molar-refractivity contribution in [2.24, 2.45) is 0 Å². The van der Waals surface area contributed by atoms with Crippen LogP contribution in [-0.2, 0) is 0 Å². The van der Waals surface area contributed by atoms with Crippen molar-refractivity contribution in [3.05, 3.63) is 72.1 Å². The molecule has 6 nitrogen and oxygen atoms in total. The highest BCUT2D eigenvalue weighted by Crippen LogP contribution is 2.22. The molecule has 0 atom stereocenters. The van der Waals surface area contributed by atoms with Crippen LogP contribution in [0.15, 0.2) is 60.9 Å². The zero-order chi connectivity index (χ0) is 22.2. The predicted octanol–water partition coefficient (Wildman–Crippen LogP) is 4.80. The lowest BCUT2D eigenvalue weighted by atomic mass is 10.1. The summed E-state index contributed by atoms with van der Waals surface area (Å²) in [5.74, 6) is 0.686. The molecule has 166 valence electrons. The molecule has 1 aliphatic heterocycles. The van der Waals surface area contributed by atoms with Crippen molar-refractivity contribution in [1.29, 1.82) is 0 Å². The Morgan fingerprint density at radius 3 is 2.59 bits per heavy atom. The minimum absolute atomic E-state index is 0.0287. The number of hydrogen-bond donors (Lipinski definition) is 2. The Balaban J connectivity index is 1.29. The zero-order valence-electron chi connectivity index (χ0n) is 18.7. The first-order chi connectivity index (χ1) is 15.7. The number of likely N-dealkylation sites (tertiary alicyclic amines) is 1. The fraction of sp³-hybridized carbons (Fsp3) is 0.346. The number of hydrogen-bond acceptors (Lipinski definition) is 5. The van der Waals surface area contributed by atoms with Crippen LogP contribution in [0.25, 0.3) is 11.3 Å². The van der Waals surface area contributed by atoms with Gasteiger partial charge in [-0.3, -0.25) is 4.79 Å². The number of nitrogens with one attached hydrogen (secondary N) is 2. The number of benzene rings is 2. The fourth-order valence-corrected chi connectivity index (χ4v) is 4.03. The number of carbonyl (C=O) groups excluding carboxylic acids is 1. The molecule has 1 aliphatic rings. The van der Waals surface area contributed by atoms with E-state index in [-0.39, 0.29) is 5.91 Å². The van der Waals surface area contributed by atoms with Crippen molar-refractivity contribution in [1.82, 2.24) is 20.2 Å². The van der Waals surface area contributed by atoms with Crippen LogP contribution in [0.4, 0.5) is 11.5 Å². The third-order valence-electron chi connectivity index (χ3n) is 5.79. The van der Waals surface area contributed by atoms with Gasteiger partial charge in [-0.1, -0.05) is 30.2 Å². The van der Waals surface area contributed by atoms with Crippen LogP contribution in [0.5, 0.6) is 0 Å². The molecular weight excluding hydrogens is 398 g/mol. The summed E-state index contributed by atoms with van der Waals surface area (Å²) in [6, 6.07) is 17.6. The first-order valence-electron chi connectivity index (χ1n) is 11.4. The largest absolute Gasteiger partial charge is 0.352 e. The smallest absolute Gasteiger partial charge is 0.251 e. The number of amides is 1. The van der Waals surface area contributed by atoms with Gasteiger partial charge >= 0.3 is 0 Å². The molecule has 2 heterocycles. The lowest BCUT2D eigenvalue weighted by Crippen LogP contribution is -2.33. The van der Waals surface area contributed by atoms with Crippen molar-refractivity contribution in [2.45, 2.75) is 32.6 Å². The Hall–Kier alpha value is -3.25. The van der Waals surface area contributed by atoms with Gasteiger partial charge in [0.25, 0.3) is 5.91 Å². The molecule has 0 bridgehead atoms. The fourth-order valence-electron chi connectivity index (χ4n) is 4.03. The van der Waals surface area contributed by atoms with E-state index >= 15 is 0 Å². The van der Waals surface area contributed by atoms with Crippen molar-refractivity contribution in [3.63, 3.8) is 0 Å². The van der Waals surface area contributed by atoms with E-state index in [0.717, 1.165) is 29.9 Å². The maximum Gasteiger partial charge on any atom is 0.251 e. The van der Waals surface area contributed by atoms with Crippen molar-refractivity contribution >= 4 is 17.4 Å². The molecular formula is C26H31N5O. The minimum atomic E-state index is -0.0287. The molecule has 1 fully saturated rings. The SMILES string of the molecule is Cc1cccc(-c2cc(Nc3ccc(C(=O)NCCCN4CCCCC4)cc3)ncn2)c1. The van der Waals surface area contributed by atoms with Gasteiger partial charge in [0.1, 0.15) is 12.1 Å². The van der Waals surface area contributed by atoms with E-state index in [1.807, 2.05) is 42.5 Å². The van der Waals surface area contributed by atoms with Gasteiger partial charge in [0.15, 0.2) is 0 Å². The number of nitrogens with zero attached hydrogens (tertiary/aromatic N) is 3. The summed E-state index contributed by atoms with van der Waals surface area (Å²) in [5, 5.41) is 6.33. The summed E-state index contributed by atoms with van der Waals surface area (Å²) < 4.78 is 0. The standard InChI is InChI=1S/C26H31N5O/c1-20-7-5-8-22(17-20)24-18-25(29-19-28-24)30-23-11-9-21(10-12-23)26(32)27-13-6-16-31-14-3-2-4-15-31/h5,7-12,17-19H,2-4,6,13-16H2,1H3,(H,27,32)(H,28,29,30). The van der Waals surface area contributed by atoms with E-state index in [0.29, 0.717) is 17.9 Å². The molecule has 0 aliphatic carbocycles. The second kappa shape index (κ2) is 10.9. The third-order valence-corrected chi connectivity index (χ3v) is 5.79. The topological polar surface area (TPSA) is 70.2 Å². The molecule has 2 aromatic carbocycles. The van der Waals surface area contributed by atoms with Crippen molar-refractivity contribution in [2.75, 3.05) is 31.5 Å². The molecule has 32 heavy (non-hydrogen) atoms. The quantitative estimate of drug-likeness (QED) is 0.503. The molecule has 3 aromatic rings. The lowest BCUT2D eigenvalue weighted by Gasteiger charge is -2.26. The summed E-state index contributed by atoms with van der Waals surface area (Å²) in [6.07, 6.45) is 6.50. The Kier molecular flexibility index (Phi) is 7.46. The van der Waals surface area contributed by atoms with Crippen molar-refractivity contribution in [3.8, 4) is 11.3 Å². The molecule has 0 unspecified atom stereocenters. The van der Waals surface area contributed by atoms with Crippen LogP contribution in [0.1, 0.15) is 41.6 Å². The van der Waals surface area contributed by atoms with Gasteiger partial charge in [-0.05, 0) is 76.2 Å². The van der Waals surface area contributed by atoms with Gasteiger partial charge in [-0.25, -0.2) is 9.97 Å². The third kappa shape index (κ3) is 6.14. The average molecular weight is 430 g/mol. The van der Waals surface area contributed by atoms with Crippen LogP contribution >= 0.6 is 0 Å². The van der Waals surface area contributed by atoms with E-state index in [9.17, 15) is 4.79 Å². The molecule has 0 saturated carbocycles. The van der Waals surface area contributed by atoms with Gasteiger partial charge in [-0.2, -0.15) is 0 Å². The van der Waals surface area contributed by atoms with Gasteiger partial charge in [0.05, 0.1) is 5.69 Å². The lowest BCUT2D eigenvalue weighted by molar-refractivity contribution is 0.0951. The molecule has 1 saturated heterocycles. The monoisotopic (exact) mass is 429 g/mol. The highest BCUT2D eigenvalue weighted by atomic mass is 16.1. The van der Waals surface area contributed by atoms with E-state index in [4.69, 9.17) is 0 Å². The molecule has 2 N–H and O–H groups in total. The van der Waals surface area contributed by atoms with Gasteiger partial charge in [0, 0.05) is 29.4 Å². The second-order valence-corrected chi connectivity index (χ2v) is 8.37. The first kappa shape index (κ1) is 22.0. The molecule has 4 rings (SSSR count). The molecule has 1 aromatic heterocycles. The van der Waals surface area contributed by atoms with Crippen LogP contribution in [-0.4, -0.2) is 47.0 Å². The van der Waals surface area contributed by atoms with Gasteiger partial charge < -0.3 is 15.5 Å². The zero-order valence-corrected chi connectivity index (χ0v) is 18.7. The Labute approximate surface area is 190 Å². The minimum Gasteiger partial charge on any atom is -0.352 e. The molecule has 1 amide bonds. The summed E-state index contributed by atoms with van der Waals surface area (Å²) in [4.78, 5) is 23.6. The Bertz CT molecular complexity index is 1030.